The number of amides is 2. The molecule has 0 saturated carbocycles. The van der Waals surface area contributed by atoms with Crippen LogP contribution >= 0.6 is 0 Å². The summed E-state index contributed by atoms with van der Waals surface area (Å²) >= 11 is 0. The molecular formula is C8H11N4O2. The maximum atomic E-state index is 11.3. The Kier molecular flexibility index (Phi) is 2.85. The molecule has 0 aliphatic heterocycles. The topological polar surface area (TPSA) is 90.0 Å². The smallest absolute Gasteiger partial charge is 0.269 e. The van der Waals surface area contributed by atoms with Gasteiger partial charge >= 0.3 is 0 Å². The fraction of sp³-hybridized carbons (Fsp3) is 0.375. The van der Waals surface area contributed by atoms with Gasteiger partial charge in [0.25, 0.3) is 11.8 Å². The maximum absolute atomic E-state index is 11.3. The molecule has 0 saturated heterocycles. The number of carbonyl (C=O) groups is 2. The first-order valence-corrected chi connectivity index (χ1v) is 4.12. The van der Waals surface area contributed by atoms with Crippen LogP contribution in [0.15, 0.2) is 0 Å². The van der Waals surface area contributed by atoms with Gasteiger partial charge in [-0.1, -0.05) is 0 Å². The maximum Gasteiger partial charge on any atom is 0.269 e. The first kappa shape index (κ1) is 10.2. The van der Waals surface area contributed by atoms with Crippen molar-refractivity contribution in [1.82, 2.24) is 15.1 Å². The van der Waals surface area contributed by atoms with Crippen LogP contribution in [-0.2, 0) is 6.54 Å². The molecule has 14 heavy (non-hydrogen) atoms. The van der Waals surface area contributed by atoms with Gasteiger partial charge in [0.1, 0.15) is 5.69 Å². The number of nitrogens with one attached hydrogen (secondary N) is 1. The third-order valence-electron chi connectivity index (χ3n) is 1.69. The van der Waals surface area contributed by atoms with E-state index < -0.39 is 5.91 Å². The second-order valence-electron chi connectivity index (χ2n) is 2.58. The first-order chi connectivity index (χ1) is 6.60. The van der Waals surface area contributed by atoms with Crippen molar-refractivity contribution in [2.75, 3.05) is 7.05 Å². The number of nitrogens with two attached hydrogens (primary N) is 1. The Bertz CT molecular complexity index is 369. The number of aryl methyl sites for hydroxylation is 1. The zero-order valence-electron chi connectivity index (χ0n) is 8.00. The van der Waals surface area contributed by atoms with Crippen LogP contribution in [0.25, 0.3) is 0 Å². The van der Waals surface area contributed by atoms with Gasteiger partial charge in [-0.2, -0.15) is 5.10 Å². The Balaban J connectivity index is 3.15. The Morgan fingerprint density at radius 1 is 1.64 bits per heavy atom. The predicted molar refractivity (Wildman–Crippen MR) is 48.6 cm³/mol. The van der Waals surface area contributed by atoms with Gasteiger partial charge in [0.05, 0.1) is 6.07 Å². The van der Waals surface area contributed by atoms with Crippen LogP contribution < -0.4 is 11.1 Å². The van der Waals surface area contributed by atoms with Gasteiger partial charge in [-0.3, -0.25) is 14.3 Å². The van der Waals surface area contributed by atoms with Gasteiger partial charge in [-0.25, -0.2) is 0 Å². The van der Waals surface area contributed by atoms with Gasteiger partial charge in [-0.15, -0.1) is 0 Å². The molecular weight excluding hydrogens is 184 g/mol. The summed E-state index contributed by atoms with van der Waals surface area (Å²) in [5.74, 6) is -1.03. The molecule has 3 N–H and O–H groups in total. The van der Waals surface area contributed by atoms with Crippen LogP contribution in [-0.4, -0.2) is 28.6 Å². The highest BCUT2D eigenvalue weighted by Gasteiger charge is 2.16. The summed E-state index contributed by atoms with van der Waals surface area (Å²) < 4.78 is 1.37. The van der Waals surface area contributed by atoms with Crippen LogP contribution in [0.4, 0.5) is 0 Å². The van der Waals surface area contributed by atoms with Gasteiger partial charge in [0.2, 0.25) is 0 Å². The first-order valence-electron chi connectivity index (χ1n) is 4.12. The molecule has 0 unspecified atom stereocenters. The minimum Gasteiger partial charge on any atom is -0.364 e. The van der Waals surface area contributed by atoms with Crippen LogP contribution in [0.1, 0.15) is 27.9 Å². The highest BCUT2D eigenvalue weighted by atomic mass is 16.2. The van der Waals surface area contributed by atoms with E-state index in [2.05, 4.69) is 16.5 Å². The van der Waals surface area contributed by atoms with Gasteiger partial charge in [0, 0.05) is 13.6 Å². The minimum atomic E-state index is -0.692. The van der Waals surface area contributed by atoms with E-state index in [1.54, 1.807) is 6.92 Å². The number of primary amides is 1. The molecule has 0 aliphatic carbocycles. The summed E-state index contributed by atoms with van der Waals surface area (Å²) in [7, 11) is 1.49. The number of rotatable bonds is 3. The molecule has 6 nitrogen and oxygen atoms in total. The summed E-state index contributed by atoms with van der Waals surface area (Å²) in [6, 6.07) is 2.55. The molecule has 0 aromatic carbocycles. The summed E-state index contributed by atoms with van der Waals surface area (Å²) in [6.45, 7) is 2.28. The molecule has 1 aromatic rings. The molecule has 0 atom stereocenters. The van der Waals surface area contributed by atoms with Crippen LogP contribution in [0.3, 0.4) is 0 Å². The lowest BCUT2D eigenvalue weighted by Crippen LogP contribution is -2.21. The Morgan fingerprint density at radius 3 is 2.71 bits per heavy atom. The number of aromatic nitrogens is 2. The van der Waals surface area contributed by atoms with Crippen molar-refractivity contribution in [2.45, 2.75) is 13.5 Å². The fourth-order valence-electron chi connectivity index (χ4n) is 1.00. The van der Waals surface area contributed by atoms with E-state index in [1.165, 1.54) is 11.7 Å². The largest absolute Gasteiger partial charge is 0.364 e. The molecule has 0 bridgehead atoms. The van der Waals surface area contributed by atoms with E-state index in [1.807, 2.05) is 0 Å². The van der Waals surface area contributed by atoms with Crippen molar-refractivity contribution in [1.29, 1.82) is 0 Å². The van der Waals surface area contributed by atoms with E-state index in [0.29, 0.717) is 6.54 Å². The third kappa shape index (κ3) is 1.73. The Morgan fingerprint density at radius 2 is 2.29 bits per heavy atom. The highest BCUT2D eigenvalue weighted by molar-refractivity contribution is 5.96. The SMILES string of the molecule is CCn1nc(C(N)=O)[c]c1C(=O)NC. The van der Waals surface area contributed by atoms with Crippen LogP contribution in [0, 0.1) is 6.07 Å². The van der Waals surface area contributed by atoms with E-state index in [9.17, 15) is 9.59 Å². The lowest BCUT2D eigenvalue weighted by Gasteiger charge is -2.00. The van der Waals surface area contributed by atoms with Gasteiger partial charge in [-0.05, 0) is 6.92 Å². The summed E-state index contributed by atoms with van der Waals surface area (Å²) in [5, 5.41) is 6.25. The number of nitrogens with zero attached hydrogens (tertiary/aromatic N) is 2. The quantitative estimate of drug-likeness (QED) is 0.659. The van der Waals surface area contributed by atoms with Crippen LogP contribution in [0.5, 0.6) is 0 Å². The number of carbonyl (C=O) groups excluding carboxylic acids is 2. The van der Waals surface area contributed by atoms with Crippen molar-refractivity contribution in [3.63, 3.8) is 0 Å². The molecule has 2 amide bonds. The molecule has 6 heteroatoms. The average molecular weight is 195 g/mol. The molecule has 1 radical (unpaired) electrons. The van der Waals surface area contributed by atoms with Crippen molar-refractivity contribution < 1.29 is 9.59 Å². The van der Waals surface area contributed by atoms with Crippen LogP contribution in [0.2, 0.25) is 0 Å². The van der Waals surface area contributed by atoms with Gasteiger partial charge in [0.15, 0.2) is 5.69 Å². The molecule has 0 spiro atoms. The molecule has 1 heterocycles. The van der Waals surface area contributed by atoms with E-state index >= 15 is 0 Å². The summed E-state index contributed by atoms with van der Waals surface area (Å²) in [5.41, 5.74) is 5.20. The normalized spacial score (nSPS) is 9.86. The van der Waals surface area contributed by atoms with E-state index in [0.717, 1.165) is 0 Å². The summed E-state index contributed by atoms with van der Waals surface area (Å²) in [4.78, 5) is 22.1. The Labute approximate surface area is 81.1 Å². The monoisotopic (exact) mass is 195 g/mol. The predicted octanol–water partition coefficient (Wildman–Crippen LogP) is -0.838. The van der Waals surface area contributed by atoms with Crippen molar-refractivity contribution in [3.8, 4) is 0 Å². The van der Waals surface area contributed by atoms with Crippen molar-refractivity contribution >= 4 is 11.8 Å². The Hall–Kier alpha value is -1.85. The standard InChI is InChI=1S/C8H11N4O2/c1-3-12-6(8(14)10-2)4-5(11-12)7(9)13/h3H2,1-2H3,(H2,9,13)(H,10,14). The minimum absolute atomic E-state index is 0.0227. The molecule has 1 rings (SSSR count). The van der Waals surface area contributed by atoms with Crippen molar-refractivity contribution in [2.24, 2.45) is 5.73 Å². The second kappa shape index (κ2) is 3.91. The molecule has 1 aromatic heterocycles. The lowest BCUT2D eigenvalue weighted by atomic mass is 10.3. The molecule has 75 valence electrons. The summed E-state index contributed by atoms with van der Waals surface area (Å²) in [6.07, 6.45) is 0. The van der Waals surface area contributed by atoms with Gasteiger partial charge < -0.3 is 11.1 Å². The number of hydrogen-bond donors (Lipinski definition) is 2. The van der Waals surface area contributed by atoms with Crippen molar-refractivity contribution in [3.05, 3.63) is 17.5 Å². The zero-order chi connectivity index (χ0) is 10.7. The molecule has 0 fully saturated rings. The van der Waals surface area contributed by atoms with E-state index in [4.69, 9.17) is 5.73 Å². The fourth-order valence-corrected chi connectivity index (χ4v) is 1.00. The highest BCUT2D eigenvalue weighted by Crippen LogP contribution is 2.02. The average Bonchev–Trinajstić information content (AvgIpc) is 2.60. The van der Waals surface area contributed by atoms with E-state index in [-0.39, 0.29) is 17.3 Å². The molecule has 0 aliphatic rings. The zero-order valence-corrected chi connectivity index (χ0v) is 8.00. The third-order valence-corrected chi connectivity index (χ3v) is 1.69. The second-order valence-corrected chi connectivity index (χ2v) is 2.58. The number of hydrogen-bond acceptors (Lipinski definition) is 3. The lowest BCUT2D eigenvalue weighted by molar-refractivity contribution is 0.0951.